The predicted octanol–water partition coefficient (Wildman–Crippen LogP) is 1.53. The average Bonchev–Trinajstić information content (AvgIpc) is 2.72. The first-order valence-electron chi connectivity index (χ1n) is 8.70. The third kappa shape index (κ3) is 5.35. The normalized spacial score (nSPS) is 16.4. The van der Waals surface area contributed by atoms with E-state index < -0.39 is 12.2 Å². The zero-order valence-corrected chi connectivity index (χ0v) is 15.1. The lowest BCUT2D eigenvalue weighted by Crippen LogP contribution is -2.46. The van der Waals surface area contributed by atoms with Gasteiger partial charge in [-0.15, -0.1) is 0 Å². The number of ether oxygens (including phenoxy) is 4. The molecule has 0 saturated carbocycles. The first-order chi connectivity index (χ1) is 13.2. The number of aliphatic hydroxyl groups is 1. The maximum atomic E-state index is 12.2. The van der Waals surface area contributed by atoms with Crippen molar-refractivity contribution in [1.29, 1.82) is 0 Å². The molecule has 3 rings (SSSR count). The van der Waals surface area contributed by atoms with Crippen molar-refractivity contribution < 1.29 is 28.8 Å². The molecule has 2 aromatic carbocycles. The van der Waals surface area contributed by atoms with Crippen LogP contribution in [0.1, 0.15) is 5.56 Å². The number of nitrogens with one attached hydrogen (secondary N) is 1. The van der Waals surface area contributed by atoms with Crippen LogP contribution >= 0.6 is 0 Å². The van der Waals surface area contributed by atoms with Gasteiger partial charge in [0.2, 0.25) is 6.10 Å². The Labute approximate surface area is 157 Å². The maximum absolute atomic E-state index is 12.2. The molecular weight excluding hydrogens is 350 g/mol. The molecule has 0 aliphatic carbocycles. The van der Waals surface area contributed by atoms with Crippen LogP contribution in [-0.2, 0) is 16.1 Å². The number of para-hydroxylation sites is 2. The van der Waals surface area contributed by atoms with Crippen LogP contribution in [-0.4, -0.2) is 50.1 Å². The molecule has 0 aromatic heterocycles. The summed E-state index contributed by atoms with van der Waals surface area (Å²) in [6, 6.07) is 14.7. The molecule has 27 heavy (non-hydrogen) atoms. The molecule has 1 heterocycles. The van der Waals surface area contributed by atoms with Crippen LogP contribution in [0.5, 0.6) is 17.2 Å². The minimum atomic E-state index is -0.816. The van der Waals surface area contributed by atoms with Gasteiger partial charge in [-0.1, -0.05) is 24.3 Å². The Bertz CT molecular complexity index is 748. The number of rotatable bonds is 8. The van der Waals surface area contributed by atoms with Gasteiger partial charge in [-0.3, -0.25) is 4.79 Å². The Morgan fingerprint density at radius 3 is 2.70 bits per heavy atom. The number of benzene rings is 2. The number of hydrogen-bond donors (Lipinski definition) is 2. The summed E-state index contributed by atoms with van der Waals surface area (Å²) in [5.74, 6) is 1.59. The molecule has 144 valence electrons. The van der Waals surface area contributed by atoms with E-state index in [1.54, 1.807) is 19.2 Å². The molecule has 1 aliphatic rings. The van der Waals surface area contributed by atoms with Crippen molar-refractivity contribution in [2.24, 2.45) is 0 Å². The third-order valence-corrected chi connectivity index (χ3v) is 4.05. The fourth-order valence-corrected chi connectivity index (χ4v) is 2.57. The van der Waals surface area contributed by atoms with Crippen molar-refractivity contribution in [3.8, 4) is 17.2 Å². The average molecular weight is 373 g/mol. The standard InChI is InChI=1S/C20H23NO6/c1-24-16-8-6-14(7-9-16)11-25-12-15(22)10-21-20(23)19-13-26-17-4-2-3-5-18(17)27-19/h2-9,15,19,22H,10-13H2,1H3,(H,21,23). The van der Waals surface area contributed by atoms with Crippen molar-refractivity contribution in [3.05, 3.63) is 54.1 Å². The number of methoxy groups -OCH3 is 1. The molecule has 0 saturated heterocycles. The van der Waals surface area contributed by atoms with Crippen molar-refractivity contribution in [1.82, 2.24) is 5.32 Å². The second-order valence-corrected chi connectivity index (χ2v) is 6.13. The molecular formula is C20H23NO6. The van der Waals surface area contributed by atoms with Crippen LogP contribution < -0.4 is 19.5 Å². The van der Waals surface area contributed by atoms with Crippen LogP contribution in [0.3, 0.4) is 0 Å². The summed E-state index contributed by atoms with van der Waals surface area (Å²) in [5.41, 5.74) is 0.971. The van der Waals surface area contributed by atoms with E-state index in [0.717, 1.165) is 11.3 Å². The molecule has 2 N–H and O–H groups in total. The van der Waals surface area contributed by atoms with Gasteiger partial charge in [0.05, 0.1) is 26.4 Å². The lowest BCUT2D eigenvalue weighted by atomic mass is 10.2. The highest BCUT2D eigenvalue weighted by atomic mass is 16.6. The quantitative estimate of drug-likeness (QED) is 0.730. The maximum Gasteiger partial charge on any atom is 0.264 e. The van der Waals surface area contributed by atoms with E-state index in [4.69, 9.17) is 18.9 Å². The van der Waals surface area contributed by atoms with Gasteiger partial charge >= 0.3 is 0 Å². The molecule has 7 heteroatoms. The second-order valence-electron chi connectivity index (χ2n) is 6.13. The lowest BCUT2D eigenvalue weighted by Gasteiger charge is -2.25. The van der Waals surface area contributed by atoms with Gasteiger partial charge in [-0.2, -0.15) is 0 Å². The molecule has 0 radical (unpaired) electrons. The van der Waals surface area contributed by atoms with Crippen LogP contribution in [0.25, 0.3) is 0 Å². The van der Waals surface area contributed by atoms with E-state index in [1.807, 2.05) is 36.4 Å². The third-order valence-electron chi connectivity index (χ3n) is 4.05. The first kappa shape index (κ1) is 19.0. The van der Waals surface area contributed by atoms with E-state index >= 15 is 0 Å². The zero-order chi connectivity index (χ0) is 19.1. The van der Waals surface area contributed by atoms with Crippen molar-refractivity contribution >= 4 is 5.91 Å². The van der Waals surface area contributed by atoms with E-state index in [0.29, 0.717) is 18.1 Å². The minimum absolute atomic E-state index is 0.0724. The summed E-state index contributed by atoms with van der Waals surface area (Å²) in [6.45, 7) is 0.679. The SMILES string of the molecule is COc1ccc(COCC(O)CNC(=O)C2COc3ccccc3O2)cc1. The number of amides is 1. The smallest absolute Gasteiger partial charge is 0.264 e. The van der Waals surface area contributed by atoms with Gasteiger partial charge in [0, 0.05) is 6.54 Å². The molecule has 0 bridgehead atoms. The summed E-state index contributed by atoms with van der Waals surface area (Å²) in [7, 11) is 1.61. The largest absolute Gasteiger partial charge is 0.497 e. The molecule has 1 amide bonds. The predicted molar refractivity (Wildman–Crippen MR) is 98.0 cm³/mol. The van der Waals surface area contributed by atoms with Crippen molar-refractivity contribution in [3.63, 3.8) is 0 Å². The Balaban J connectivity index is 1.36. The number of hydrogen-bond acceptors (Lipinski definition) is 6. The monoisotopic (exact) mass is 373 g/mol. The molecule has 0 spiro atoms. The summed E-state index contributed by atoms with van der Waals surface area (Å²) >= 11 is 0. The van der Waals surface area contributed by atoms with E-state index in [1.165, 1.54) is 0 Å². The van der Waals surface area contributed by atoms with E-state index in [-0.39, 0.29) is 25.7 Å². The van der Waals surface area contributed by atoms with Gasteiger partial charge in [0.15, 0.2) is 11.5 Å². The molecule has 0 fully saturated rings. The zero-order valence-electron chi connectivity index (χ0n) is 15.1. The van der Waals surface area contributed by atoms with Gasteiger partial charge in [-0.25, -0.2) is 0 Å². The number of carbonyl (C=O) groups excluding carboxylic acids is 1. The van der Waals surface area contributed by atoms with Crippen LogP contribution in [0.15, 0.2) is 48.5 Å². The van der Waals surface area contributed by atoms with Gasteiger partial charge in [0.1, 0.15) is 12.4 Å². The summed E-state index contributed by atoms with van der Waals surface area (Å²) in [6.07, 6.45) is -1.56. The highest BCUT2D eigenvalue weighted by Gasteiger charge is 2.27. The van der Waals surface area contributed by atoms with Gasteiger partial charge in [-0.05, 0) is 29.8 Å². The van der Waals surface area contributed by atoms with E-state index in [2.05, 4.69) is 5.32 Å². The Kier molecular flexibility index (Phi) is 6.51. The number of fused-ring (bicyclic) bond motifs is 1. The van der Waals surface area contributed by atoms with Gasteiger partial charge in [0.25, 0.3) is 5.91 Å². The second kappa shape index (κ2) is 9.25. The minimum Gasteiger partial charge on any atom is -0.497 e. The van der Waals surface area contributed by atoms with Crippen molar-refractivity contribution in [2.45, 2.75) is 18.8 Å². The Morgan fingerprint density at radius 2 is 1.96 bits per heavy atom. The van der Waals surface area contributed by atoms with Gasteiger partial charge < -0.3 is 29.4 Å². The van der Waals surface area contributed by atoms with Crippen molar-refractivity contribution in [2.75, 3.05) is 26.9 Å². The summed E-state index contributed by atoms with van der Waals surface area (Å²) in [4.78, 5) is 12.2. The number of aliphatic hydroxyl groups excluding tert-OH is 1. The molecule has 2 atom stereocenters. The lowest BCUT2D eigenvalue weighted by molar-refractivity contribution is -0.131. The highest BCUT2D eigenvalue weighted by molar-refractivity contribution is 5.81. The molecule has 2 aromatic rings. The molecule has 7 nitrogen and oxygen atoms in total. The Morgan fingerprint density at radius 1 is 1.22 bits per heavy atom. The summed E-state index contributed by atoms with van der Waals surface area (Å²) in [5, 5.41) is 12.6. The van der Waals surface area contributed by atoms with Crippen LogP contribution in [0.2, 0.25) is 0 Å². The first-order valence-corrected chi connectivity index (χ1v) is 8.70. The topological polar surface area (TPSA) is 86.2 Å². The van der Waals surface area contributed by atoms with E-state index in [9.17, 15) is 9.90 Å². The fraction of sp³-hybridized carbons (Fsp3) is 0.350. The summed E-state index contributed by atoms with van der Waals surface area (Å²) < 4.78 is 21.7. The Hall–Kier alpha value is -2.77. The fourth-order valence-electron chi connectivity index (χ4n) is 2.57. The number of carbonyl (C=O) groups is 1. The molecule has 2 unspecified atom stereocenters. The highest BCUT2D eigenvalue weighted by Crippen LogP contribution is 2.30. The van der Waals surface area contributed by atoms with Crippen LogP contribution in [0.4, 0.5) is 0 Å². The molecule has 1 aliphatic heterocycles. The van der Waals surface area contributed by atoms with Crippen LogP contribution in [0, 0.1) is 0 Å².